The van der Waals surface area contributed by atoms with Crippen LogP contribution < -0.4 is 10.9 Å². The molecular weight excluding hydrogens is 457 g/mol. The molecule has 4 aromatic heterocycles. The molecule has 6 heterocycles. The maximum atomic E-state index is 5.07. The zero-order valence-electron chi connectivity index (χ0n) is 19.1. The average molecular weight is 473 g/mol. The van der Waals surface area contributed by atoms with E-state index in [1.54, 1.807) is 0 Å². The number of pyridine rings is 1. The lowest BCUT2D eigenvalue weighted by molar-refractivity contribution is 1.17. The first-order chi connectivity index (χ1) is 17.9. The lowest BCUT2D eigenvalue weighted by Gasteiger charge is -2.33. The summed E-state index contributed by atoms with van der Waals surface area (Å²) in [7, 11) is 0. The van der Waals surface area contributed by atoms with Crippen molar-refractivity contribution in [3.05, 3.63) is 96.5 Å². The molecule has 0 radical (unpaired) electrons. The highest BCUT2D eigenvalue weighted by Crippen LogP contribution is 2.45. The first kappa shape index (κ1) is 18.0. The average Bonchev–Trinajstić information content (AvgIpc) is 3.62. The van der Waals surface area contributed by atoms with Gasteiger partial charge in [-0.05, 0) is 52.0 Å². The van der Waals surface area contributed by atoms with E-state index in [4.69, 9.17) is 4.98 Å². The van der Waals surface area contributed by atoms with Crippen molar-refractivity contribution >= 4 is 82.8 Å². The van der Waals surface area contributed by atoms with Crippen LogP contribution in [0, 0.1) is 0 Å². The van der Waals surface area contributed by atoms with Gasteiger partial charge in [0.25, 0.3) is 0 Å². The molecule has 0 N–H and O–H groups in total. The third-order valence-corrected chi connectivity index (χ3v) is 9.36. The minimum absolute atomic E-state index is 0.0983. The van der Waals surface area contributed by atoms with Crippen molar-refractivity contribution in [3.63, 3.8) is 0 Å². The van der Waals surface area contributed by atoms with E-state index in [2.05, 4.69) is 99.4 Å². The van der Waals surface area contributed by atoms with Crippen LogP contribution in [0.15, 0.2) is 96.5 Å². The van der Waals surface area contributed by atoms with Crippen molar-refractivity contribution in [3.8, 4) is 16.9 Å². The van der Waals surface area contributed by atoms with Crippen molar-refractivity contribution in [2.24, 2.45) is 0 Å². The van der Waals surface area contributed by atoms with Crippen LogP contribution in [0.1, 0.15) is 0 Å². The lowest BCUT2D eigenvalue weighted by atomic mass is 9.46. The molecular formula is C31H16BN3S. The molecule has 0 atom stereocenters. The Hall–Kier alpha value is -4.35. The van der Waals surface area contributed by atoms with Crippen LogP contribution in [0.3, 0.4) is 0 Å². The molecule has 2 aliphatic heterocycles. The van der Waals surface area contributed by atoms with Crippen molar-refractivity contribution in [1.29, 1.82) is 0 Å². The fraction of sp³-hybridized carbons (Fsp3) is 0. The number of fused-ring (bicyclic) bond motifs is 12. The van der Waals surface area contributed by atoms with Gasteiger partial charge in [-0.25, -0.2) is 0 Å². The largest absolute Gasteiger partial charge is 0.374 e. The predicted molar refractivity (Wildman–Crippen MR) is 153 cm³/mol. The molecule has 0 spiro atoms. The van der Waals surface area contributed by atoms with Crippen molar-refractivity contribution in [2.45, 2.75) is 0 Å². The number of nitrogens with zero attached hydrogens (tertiary/aromatic N) is 3. The van der Waals surface area contributed by atoms with Crippen LogP contribution in [0.4, 0.5) is 0 Å². The van der Waals surface area contributed by atoms with E-state index in [-0.39, 0.29) is 6.85 Å². The van der Waals surface area contributed by atoms with Gasteiger partial charge in [-0.1, -0.05) is 54.6 Å². The number of para-hydroxylation sites is 3. The zero-order valence-corrected chi connectivity index (χ0v) is 19.9. The molecule has 0 bridgehead atoms. The Bertz CT molecular complexity index is 2280. The third kappa shape index (κ3) is 1.82. The number of aromatic nitrogens is 3. The molecule has 0 aliphatic carbocycles. The molecule has 0 saturated carbocycles. The summed E-state index contributed by atoms with van der Waals surface area (Å²) in [6, 6.07) is 31.4. The molecule has 164 valence electrons. The van der Waals surface area contributed by atoms with Crippen molar-refractivity contribution in [1.82, 2.24) is 14.0 Å². The minimum atomic E-state index is 0.0983. The molecule has 36 heavy (non-hydrogen) atoms. The summed E-state index contributed by atoms with van der Waals surface area (Å²) in [6.45, 7) is 0.0983. The molecule has 0 saturated heterocycles. The second kappa shape index (κ2) is 5.89. The van der Waals surface area contributed by atoms with Gasteiger partial charge in [0.2, 0.25) is 0 Å². The molecule has 3 nitrogen and oxygen atoms in total. The standard InChI is InChI=1S/C31H16BN3S/c1-3-10-23-18(6-1)20-8-5-9-22-29(20)34(23)25-16-17-13-15-36-31(17)26-27(25)32(22)35-24-11-4-2-7-19(24)21-12-14-33-28(26)30(21)35/h1-16H. The molecule has 0 amide bonds. The van der Waals surface area contributed by atoms with Crippen molar-refractivity contribution in [2.75, 3.05) is 0 Å². The summed E-state index contributed by atoms with van der Waals surface area (Å²) in [5.74, 6) is 0. The van der Waals surface area contributed by atoms with Crippen LogP contribution in [-0.2, 0) is 0 Å². The SMILES string of the molecule is c1ccc2c(c1)c1ccnc3c1n2B1c2c(cc4ccsc4c2-3)-n2c3ccccc3c3cccc1c32. The summed E-state index contributed by atoms with van der Waals surface area (Å²) in [6.07, 6.45) is 1.99. The third-order valence-electron chi connectivity index (χ3n) is 8.41. The molecule has 2 aliphatic rings. The first-order valence-electron chi connectivity index (χ1n) is 12.3. The van der Waals surface area contributed by atoms with Crippen LogP contribution in [0.25, 0.3) is 70.6 Å². The van der Waals surface area contributed by atoms with E-state index in [1.807, 2.05) is 17.5 Å². The molecule has 0 unspecified atom stereocenters. The maximum Gasteiger partial charge on any atom is 0.333 e. The van der Waals surface area contributed by atoms with E-state index in [0.717, 1.165) is 5.69 Å². The number of hydrogen-bond donors (Lipinski definition) is 0. The fourth-order valence-corrected chi connectivity index (χ4v) is 8.08. The summed E-state index contributed by atoms with van der Waals surface area (Å²) in [4.78, 5) is 5.07. The monoisotopic (exact) mass is 473 g/mol. The van der Waals surface area contributed by atoms with Gasteiger partial charge in [-0.15, -0.1) is 11.3 Å². The lowest BCUT2D eigenvalue weighted by Crippen LogP contribution is -2.55. The Kier molecular flexibility index (Phi) is 2.94. The predicted octanol–water partition coefficient (Wildman–Crippen LogP) is 6.45. The van der Waals surface area contributed by atoms with Gasteiger partial charge >= 0.3 is 6.85 Å². The van der Waals surface area contributed by atoms with Gasteiger partial charge in [0.05, 0.1) is 22.2 Å². The van der Waals surface area contributed by atoms with E-state index in [1.165, 1.54) is 75.9 Å². The van der Waals surface area contributed by atoms with E-state index in [0.29, 0.717) is 0 Å². The molecule has 8 aromatic rings. The van der Waals surface area contributed by atoms with Gasteiger partial charge in [0.15, 0.2) is 0 Å². The van der Waals surface area contributed by atoms with Crippen LogP contribution in [0.2, 0.25) is 0 Å². The van der Waals surface area contributed by atoms with Crippen LogP contribution in [0.5, 0.6) is 0 Å². The highest BCUT2D eigenvalue weighted by molar-refractivity contribution is 7.18. The van der Waals surface area contributed by atoms with Gasteiger partial charge < -0.3 is 9.05 Å². The van der Waals surface area contributed by atoms with Gasteiger partial charge in [-0.2, -0.15) is 0 Å². The normalized spacial score (nSPS) is 13.5. The molecule has 10 rings (SSSR count). The Labute approximate surface area is 209 Å². The zero-order chi connectivity index (χ0) is 23.1. The summed E-state index contributed by atoms with van der Waals surface area (Å²) >= 11 is 1.83. The highest BCUT2D eigenvalue weighted by Gasteiger charge is 2.42. The topological polar surface area (TPSA) is 22.8 Å². The molecule has 5 heteroatoms. The Morgan fingerprint density at radius 1 is 0.722 bits per heavy atom. The number of thiophene rings is 1. The fourth-order valence-electron chi connectivity index (χ4n) is 7.15. The smallest absolute Gasteiger partial charge is 0.333 e. The number of rotatable bonds is 0. The van der Waals surface area contributed by atoms with E-state index < -0.39 is 0 Å². The summed E-state index contributed by atoms with van der Waals surface area (Å²) < 4.78 is 6.43. The van der Waals surface area contributed by atoms with Crippen LogP contribution in [-0.4, -0.2) is 20.9 Å². The van der Waals surface area contributed by atoms with E-state index >= 15 is 0 Å². The molecule has 0 fully saturated rings. The number of benzene rings is 4. The van der Waals surface area contributed by atoms with Gasteiger partial charge in [0.1, 0.15) is 0 Å². The Balaban J connectivity index is 1.56. The van der Waals surface area contributed by atoms with Crippen molar-refractivity contribution < 1.29 is 0 Å². The van der Waals surface area contributed by atoms with Gasteiger partial charge in [0, 0.05) is 49.2 Å². The minimum Gasteiger partial charge on any atom is -0.374 e. The first-order valence-corrected chi connectivity index (χ1v) is 13.2. The summed E-state index contributed by atoms with van der Waals surface area (Å²) in [5, 5.41) is 8.74. The highest BCUT2D eigenvalue weighted by atomic mass is 32.1. The summed E-state index contributed by atoms with van der Waals surface area (Å²) in [5.41, 5.74) is 11.6. The second-order valence-corrected chi connectivity index (χ2v) is 10.9. The van der Waals surface area contributed by atoms with E-state index in [9.17, 15) is 0 Å². The van der Waals surface area contributed by atoms with Crippen LogP contribution >= 0.6 is 11.3 Å². The maximum absolute atomic E-state index is 5.07. The Morgan fingerprint density at radius 3 is 2.42 bits per heavy atom. The van der Waals surface area contributed by atoms with Gasteiger partial charge in [-0.3, -0.25) is 4.98 Å². The molecule has 4 aromatic carbocycles. The Morgan fingerprint density at radius 2 is 1.50 bits per heavy atom. The number of hydrogen-bond acceptors (Lipinski definition) is 2. The quantitative estimate of drug-likeness (QED) is 0.232. The second-order valence-electron chi connectivity index (χ2n) is 9.96.